The Hall–Kier alpha value is -2.73. The summed E-state index contributed by atoms with van der Waals surface area (Å²) in [6, 6.07) is 3.26. The van der Waals surface area contributed by atoms with Crippen molar-refractivity contribution < 1.29 is 4.92 Å². The second-order valence-electron chi connectivity index (χ2n) is 5.50. The number of nitro groups is 1. The fraction of sp³-hybridized carbons (Fsp3) is 0.400. The van der Waals surface area contributed by atoms with Gasteiger partial charge >= 0.3 is 5.69 Å². The lowest BCUT2D eigenvalue weighted by molar-refractivity contribution is -0.384. The molecule has 0 atom stereocenters. The number of hydrogen-bond acceptors (Lipinski definition) is 8. The molecule has 3 rings (SSSR count). The molecule has 24 heavy (non-hydrogen) atoms. The number of rotatable bonds is 3. The van der Waals surface area contributed by atoms with Crippen LogP contribution >= 0.6 is 11.3 Å². The van der Waals surface area contributed by atoms with Crippen LogP contribution in [0.25, 0.3) is 0 Å². The summed E-state index contributed by atoms with van der Waals surface area (Å²) in [5, 5.41) is 23.5. The van der Waals surface area contributed by atoms with Crippen LogP contribution in [0.1, 0.15) is 17.7 Å². The molecule has 3 heterocycles. The molecule has 0 unspecified atom stereocenters. The Balaban J connectivity index is 1.84. The van der Waals surface area contributed by atoms with Gasteiger partial charge in [0.15, 0.2) is 5.13 Å². The molecular weight excluding hydrogens is 328 g/mol. The van der Waals surface area contributed by atoms with Gasteiger partial charge < -0.3 is 9.80 Å². The van der Waals surface area contributed by atoms with E-state index in [9.17, 15) is 10.1 Å². The summed E-state index contributed by atoms with van der Waals surface area (Å²) in [6.07, 6.45) is 2.29. The van der Waals surface area contributed by atoms with Crippen molar-refractivity contribution in [3.8, 4) is 6.07 Å². The van der Waals surface area contributed by atoms with Crippen molar-refractivity contribution in [2.75, 3.05) is 36.0 Å². The first kappa shape index (κ1) is 16.1. The number of aryl methyl sites for hydroxylation is 1. The van der Waals surface area contributed by atoms with Gasteiger partial charge in [-0.2, -0.15) is 5.26 Å². The minimum Gasteiger partial charge on any atom is -0.349 e. The first-order valence-electron chi connectivity index (χ1n) is 7.55. The lowest BCUT2D eigenvalue weighted by Gasteiger charge is -2.22. The highest BCUT2D eigenvalue weighted by molar-refractivity contribution is 7.13. The Bertz CT molecular complexity index is 800. The average Bonchev–Trinajstić information content (AvgIpc) is 2.86. The molecule has 0 bridgehead atoms. The van der Waals surface area contributed by atoms with E-state index in [0.29, 0.717) is 19.6 Å². The fourth-order valence-corrected chi connectivity index (χ4v) is 3.61. The standard InChI is InChI=1S/C15H16N6O2S/c1-11-10-24-15(18-11)20-6-2-5-19(7-8-20)14-13(21(22)23)12(9-16)3-4-17-14/h3-4,10H,2,5-8H2,1H3. The smallest absolute Gasteiger partial charge is 0.329 e. The molecule has 2 aromatic rings. The highest BCUT2D eigenvalue weighted by Gasteiger charge is 2.27. The largest absolute Gasteiger partial charge is 0.349 e. The average molecular weight is 344 g/mol. The molecule has 0 saturated carbocycles. The monoisotopic (exact) mass is 344 g/mol. The zero-order chi connectivity index (χ0) is 17.1. The van der Waals surface area contributed by atoms with Gasteiger partial charge in [-0.1, -0.05) is 0 Å². The summed E-state index contributed by atoms with van der Waals surface area (Å²) in [7, 11) is 0. The molecule has 1 fully saturated rings. The molecule has 1 aliphatic heterocycles. The Morgan fingerprint density at radius 3 is 2.75 bits per heavy atom. The molecule has 0 aromatic carbocycles. The third kappa shape index (κ3) is 3.14. The Labute approximate surface area is 143 Å². The molecule has 2 aromatic heterocycles. The van der Waals surface area contributed by atoms with E-state index >= 15 is 0 Å². The number of anilines is 2. The summed E-state index contributed by atoms with van der Waals surface area (Å²) >= 11 is 1.61. The van der Waals surface area contributed by atoms with Gasteiger partial charge in [-0.3, -0.25) is 10.1 Å². The van der Waals surface area contributed by atoms with E-state index in [1.165, 1.54) is 12.3 Å². The second-order valence-corrected chi connectivity index (χ2v) is 6.34. The van der Waals surface area contributed by atoms with E-state index in [1.807, 2.05) is 23.3 Å². The van der Waals surface area contributed by atoms with Crippen LogP contribution in [-0.2, 0) is 0 Å². The van der Waals surface area contributed by atoms with Crippen molar-refractivity contribution in [2.45, 2.75) is 13.3 Å². The summed E-state index contributed by atoms with van der Waals surface area (Å²) in [6.45, 7) is 4.77. The number of hydrogen-bond donors (Lipinski definition) is 0. The lowest BCUT2D eigenvalue weighted by Crippen LogP contribution is -2.31. The minimum atomic E-state index is -0.520. The highest BCUT2D eigenvalue weighted by Crippen LogP contribution is 2.30. The van der Waals surface area contributed by atoms with Gasteiger partial charge in [-0.05, 0) is 19.4 Å². The van der Waals surface area contributed by atoms with Crippen LogP contribution < -0.4 is 9.80 Å². The summed E-state index contributed by atoms with van der Waals surface area (Å²) in [5.74, 6) is 0.274. The van der Waals surface area contributed by atoms with Crippen LogP contribution in [0.3, 0.4) is 0 Å². The van der Waals surface area contributed by atoms with Crippen molar-refractivity contribution in [1.29, 1.82) is 5.26 Å². The first-order chi connectivity index (χ1) is 11.6. The minimum absolute atomic E-state index is 0.0432. The molecule has 0 radical (unpaired) electrons. The van der Waals surface area contributed by atoms with Crippen LogP contribution in [0.2, 0.25) is 0 Å². The maximum atomic E-state index is 11.4. The molecule has 0 spiro atoms. The zero-order valence-electron chi connectivity index (χ0n) is 13.2. The van der Waals surface area contributed by atoms with E-state index in [4.69, 9.17) is 5.26 Å². The van der Waals surface area contributed by atoms with Gasteiger partial charge in [-0.15, -0.1) is 11.3 Å². The van der Waals surface area contributed by atoms with Crippen LogP contribution in [0.4, 0.5) is 16.6 Å². The SMILES string of the molecule is Cc1csc(N2CCCN(c3nccc(C#N)c3[N+](=O)[O-])CC2)n1. The van der Waals surface area contributed by atoms with Crippen LogP contribution in [0.5, 0.6) is 0 Å². The first-order valence-corrected chi connectivity index (χ1v) is 8.43. The van der Waals surface area contributed by atoms with Gasteiger partial charge in [-0.25, -0.2) is 9.97 Å². The van der Waals surface area contributed by atoms with Crippen molar-refractivity contribution in [2.24, 2.45) is 0 Å². The van der Waals surface area contributed by atoms with Crippen LogP contribution in [-0.4, -0.2) is 41.1 Å². The molecule has 124 valence electrons. The number of nitriles is 1. The molecule has 0 amide bonds. The van der Waals surface area contributed by atoms with Gasteiger partial charge in [0.1, 0.15) is 11.6 Å². The van der Waals surface area contributed by atoms with Gasteiger partial charge in [0.05, 0.1) is 10.6 Å². The summed E-state index contributed by atoms with van der Waals surface area (Å²) in [4.78, 5) is 23.6. The maximum absolute atomic E-state index is 11.4. The van der Waals surface area contributed by atoms with E-state index in [-0.39, 0.29) is 17.1 Å². The predicted molar refractivity (Wildman–Crippen MR) is 91.5 cm³/mol. The normalized spacial score (nSPS) is 15.0. The molecule has 0 aliphatic carbocycles. The molecule has 1 saturated heterocycles. The number of aromatic nitrogens is 2. The number of thiazole rings is 1. The highest BCUT2D eigenvalue weighted by atomic mass is 32.1. The summed E-state index contributed by atoms with van der Waals surface area (Å²) in [5.41, 5.74) is 0.829. The Morgan fingerprint density at radius 2 is 2.08 bits per heavy atom. The molecule has 9 heteroatoms. The zero-order valence-corrected chi connectivity index (χ0v) is 14.0. The number of nitrogens with zero attached hydrogens (tertiary/aromatic N) is 6. The second kappa shape index (κ2) is 6.80. The number of pyridine rings is 1. The van der Waals surface area contributed by atoms with E-state index in [0.717, 1.165) is 23.8 Å². The molecular formula is C15H16N6O2S. The van der Waals surface area contributed by atoms with Crippen molar-refractivity contribution in [3.05, 3.63) is 39.0 Å². The van der Waals surface area contributed by atoms with Crippen molar-refractivity contribution in [3.63, 3.8) is 0 Å². The van der Waals surface area contributed by atoms with Crippen LogP contribution in [0.15, 0.2) is 17.6 Å². The molecule has 1 aliphatic rings. The summed E-state index contributed by atoms with van der Waals surface area (Å²) < 4.78 is 0. The molecule has 8 nitrogen and oxygen atoms in total. The quantitative estimate of drug-likeness (QED) is 0.622. The van der Waals surface area contributed by atoms with Gasteiger partial charge in [0.25, 0.3) is 0 Å². The lowest BCUT2D eigenvalue weighted by atomic mass is 10.2. The van der Waals surface area contributed by atoms with Gasteiger partial charge in [0.2, 0.25) is 5.82 Å². The predicted octanol–water partition coefficient (Wildman–Crippen LogP) is 2.34. The topological polar surface area (TPSA) is 99.2 Å². The van der Waals surface area contributed by atoms with E-state index in [2.05, 4.69) is 14.9 Å². The Kier molecular flexibility index (Phi) is 4.57. The van der Waals surface area contributed by atoms with Crippen molar-refractivity contribution >= 4 is 28.0 Å². The van der Waals surface area contributed by atoms with Crippen molar-refractivity contribution in [1.82, 2.24) is 9.97 Å². The van der Waals surface area contributed by atoms with E-state index in [1.54, 1.807) is 11.3 Å². The molecule has 0 N–H and O–H groups in total. The third-order valence-corrected chi connectivity index (χ3v) is 4.90. The van der Waals surface area contributed by atoms with E-state index < -0.39 is 4.92 Å². The maximum Gasteiger partial charge on any atom is 0.329 e. The Morgan fingerprint density at radius 1 is 1.33 bits per heavy atom. The third-order valence-electron chi connectivity index (χ3n) is 3.88. The van der Waals surface area contributed by atoms with Gasteiger partial charge in [0, 0.05) is 37.8 Å². The van der Waals surface area contributed by atoms with Crippen LogP contribution in [0, 0.1) is 28.4 Å². The fourth-order valence-electron chi connectivity index (χ4n) is 2.75.